The monoisotopic (exact) mass is 464 g/mol. The molecule has 8 nitrogen and oxygen atoms in total. The van der Waals surface area contributed by atoms with Gasteiger partial charge in [0.2, 0.25) is 5.95 Å². The van der Waals surface area contributed by atoms with E-state index in [4.69, 9.17) is 21.1 Å². The van der Waals surface area contributed by atoms with E-state index in [2.05, 4.69) is 20.6 Å². The van der Waals surface area contributed by atoms with Crippen LogP contribution in [0.1, 0.15) is 38.7 Å². The van der Waals surface area contributed by atoms with Gasteiger partial charge in [-0.3, -0.25) is 0 Å². The van der Waals surface area contributed by atoms with Crippen molar-refractivity contribution < 1.29 is 23.8 Å². The molecule has 1 saturated carbocycles. The molecule has 2 aromatic rings. The van der Waals surface area contributed by atoms with Gasteiger partial charge in [0.15, 0.2) is 11.6 Å². The number of nitrogens with zero attached hydrogens (tertiary/aromatic N) is 2. The summed E-state index contributed by atoms with van der Waals surface area (Å²) in [4.78, 5) is 20.1. The second kappa shape index (κ2) is 8.71. The number of nitrogens with one attached hydrogen (secondary N) is 2. The van der Waals surface area contributed by atoms with Gasteiger partial charge >= 0.3 is 6.09 Å². The maximum absolute atomic E-state index is 14.7. The first-order valence-corrected chi connectivity index (χ1v) is 10.9. The Balaban J connectivity index is 1.54. The minimum absolute atomic E-state index is 0.265. The molecule has 0 bridgehead atoms. The maximum atomic E-state index is 14.7. The number of anilines is 1. The number of hydrogen-bond donors (Lipinski definition) is 3. The van der Waals surface area contributed by atoms with E-state index in [9.17, 15) is 14.3 Å². The summed E-state index contributed by atoms with van der Waals surface area (Å²) < 4.78 is 25.4. The molecule has 32 heavy (non-hydrogen) atoms. The van der Waals surface area contributed by atoms with Gasteiger partial charge in [-0.25, -0.2) is 19.2 Å². The van der Waals surface area contributed by atoms with Gasteiger partial charge < -0.3 is 25.2 Å². The van der Waals surface area contributed by atoms with E-state index in [-0.39, 0.29) is 34.3 Å². The molecule has 1 fully saturated rings. The summed E-state index contributed by atoms with van der Waals surface area (Å²) in [5.74, 6) is 0.0776. The van der Waals surface area contributed by atoms with Gasteiger partial charge in [-0.15, -0.1) is 0 Å². The summed E-state index contributed by atoms with van der Waals surface area (Å²) in [6, 6.07) is 2.88. The average molecular weight is 465 g/mol. The van der Waals surface area contributed by atoms with Crippen LogP contribution in [0.15, 0.2) is 18.3 Å². The Morgan fingerprint density at radius 1 is 1.38 bits per heavy atom. The van der Waals surface area contributed by atoms with Crippen LogP contribution in [0.25, 0.3) is 11.3 Å². The van der Waals surface area contributed by atoms with Crippen molar-refractivity contribution in [3.05, 3.63) is 34.7 Å². The predicted octanol–water partition coefficient (Wildman–Crippen LogP) is 3.66. The number of carbonyl (C=O) groups excluding carboxylic acids is 1. The van der Waals surface area contributed by atoms with Crippen LogP contribution in [0.4, 0.5) is 15.1 Å². The topological polar surface area (TPSA) is 106 Å². The highest BCUT2D eigenvalue weighted by Crippen LogP contribution is 2.43. The van der Waals surface area contributed by atoms with Crippen LogP contribution >= 0.6 is 11.6 Å². The van der Waals surface area contributed by atoms with Gasteiger partial charge in [0.1, 0.15) is 6.10 Å². The highest BCUT2D eigenvalue weighted by atomic mass is 35.5. The van der Waals surface area contributed by atoms with Gasteiger partial charge in [-0.2, -0.15) is 0 Å². The smallest absolute Gasteiger partial charge is 0.407 e. The van der Waals surface area contributed by atoms with Crippen molar-refractivity contribution in [1.29, 1.82) is 0 Å². The molecule has 1 aromatic heterocycles. The van der Waals surface area contributed by atoms with Crippen molar-refractivity contribution >= 4 is 23.6 Å². The fraction of sp³-hybridized carbons (Fsp3) is 0.500. The first kappa shape index (κ1) is 22.5. The number of ether oxygens (including phenoxy) is 2. The van der Waals surface area contributed by atoms with Crippen LogP contribution in [-0.2, 0) is 10.2 Å². The van der Waals surface area contributed by atoms with E-state index in [1.165, 1.54) is 19.3 Å². The summed E-state index contributed by atoms with van der Waals surface area (Å²) in [5.41, 5.74) is 1.35. The Morgan fingerprint density at radius 3 is 2.88 bits per heavy atom. The molecule has 0 saturated heterocycles. The lowest BCUT2D eigenvalue weighted by Crippen LogP contribution is -2.43. The predicted molar refractivity (Wildman–Crippen MR) is 118 cm³/mol. The van der Waals surface area contributed by atoms with Crippen molar-refractivity contribution in [3.8, 4) is 17.0 Å². The lowest BCUT2D eigenvalue weighted by Gasteiger charge is -2.33. The minimum atomic E-state index is -0.753. The van der Waals surface area contributed by atoms with Crippen LogP contribution in [0.3, 0.4) is 0 Å². The molecule has 10 heteroatoms. The van der Waals surface area contributed by atoms with Gasteiger partial charge in [-0.1, -0.05) is 25.4 Å². The molecule has 172 valence electrons. The number of aliphatic hydroxyl groups is 1. The summed E-state index contributed by atoms with van der Waals surface area (Å²) in [6.07, 6.45) is 1.27. The quantitative estimate of drug-likeness (QED) is 0.634. The van der Waals surface area contributed by atoms with Gasteiger partial charge in [0.05, 0.1) is 35.7 Å². The average Bonchev–Trinajstić information content (AvgIpc) is 3.06. The third-order valence-corrected chi connectivity index (χ3v) is 6.21. The Kier molecular flexibility index (Phi) is 6.13. The molecule has 0 unspecified atom stereocenters. The molecule has 1 aromatic carbocycles. The van der Waals surface area contributed by atoms with E-state index in [1.807, 2.05) is 19.9 Å². The van der Waals surface area contributed by atoms with Crippen LogP contribution < -0.4 is 15.4 Å². The Hall–Kier alpha value is -2.65. The summed E-state index contributed by atoms with van der Waals surface area (Å²) in [6.45, 7) is 4.38. The third-order valence-electron chi connectivity index (χ3n) is 5.93. The summed E-state index contributed by atoms with van der Waals surface area (Å²) in [5, 5.41) is 16.3. The van der Waals surface area contributed by atoms with Crippen LogP contribution in [0.2, 0.25) is 5.02 Å². The molecular weight excluding hydrogens is 439 g/mol. The van der Waals surface area contributed by atoms with Gasteiger partial charge in [0, 0.05) is 30.0 Å². The normalized spacial score (nSPS) is 23.8. The first-order valence-electron chi connectivity index (χ1n) is 10.5. The van der Waals surface area contributed by atoms with Gasteiger partial charge in [-0.05, 0) is 25.0 Å². The Morgan fingerprint density at radius 2 is 2.16 bits per heavy atom. The van der Waals surface area contributed by atoms with Crippen molar-refractivity contribution in [2.75, 3.05) is 19.0 Å². The highest BCUT2D eigenvalue weighted by Gasteiger charge is 2.35. The number of amides is 1. The largest absolute Gasteiger partial charge is 0.489 e. The van der Waals surface area contributed by atoms with E-state index < -0.39 is 18.0 Å². The fourth-order valence-electron chi connectivity index (χ4n) is 4.11. The van der Waals surface area contributed by atoms with E-state index >= 15 is 0 Å². The standard InChI is InChI=1S/C22H26ClFN4O4/c1-22(2)10-31-19-13(22)6-11(7-15(19)24)18-14(23)9-26-20(28-18)27-16-5-4-12(8-17(16)29)32-21(30)25-3/h6-7,9,12,16-17,29H,4-5,8,10H2,1-3H3,(H,25,30)(H,26,27,28)/t12-,16+,17+/m0/s1. The zero-order valence-corrected chi connectivity index (χ0v) is 18.9. The zero-order valence-electron chi connectivity index (χ0n) is 18.1. The third kappa shape index (κ3) is 4.45. The summed E-state index contributed by atoms with van der Waals surface area (Å²) in [7, 11) is 1.49. The lowest BCUT2D eigenvalue weighted by atomic mass is 9.85. The first-order chi connectivity index (χ1) is 15.2. The number of hydrogen-bond acceptors (Lipinski definition) is 7. The Bertz CT molecular complexity index is 1040. The number of aromatic nitrogens is 2. The second-order valence-electron chi connectivity index (χ2n) is 8.81. The molecule has 0 spiro atoms. The minimum Gasteiger partial charge on any atom is -0.489 e. The number of carbonyl (C=O) groups is 1. The van der Waals surface area contributed by atoms with Crippen molar-refractivity contribution in [1.82, 2.24) is 15.3 Å². The second-order valence-corrected chi connectivity index (χ2v) is 9.21. The van der Waals surface area contributed by atoms with Crippen molar-refractivity contribution in [2.24, 2.45) is 0 Å². The molecule has 4 rings (SSSR count). The lowest BCUT2D eigenvalue weighted by molar-refractivity contribution is 0.0172. The fourth-order valence-corrected chi connectivity index (χ4v) is 4.31. The van der Waals surface area contributed by atoms with E-state index in [0.717, 1.165) is 5.56 Å². The molecule has 1 aliphatic heterocycles. The number of alkyl carbamates (subject to hydrolysis) is 1. The Labute approximate surface area is 190 Å². The zero-order chi connectivity index (χ0) is 23.0. The number of benzene rings is 1. The molecule has 2 heterocycles. The molecule has 0 radical (unpaired) electrons. The van der Waals surface area contributed by atoms with Crippen LogP contribution in [-0.4, -0.2) is 53.1 Å². The highest BCUT2D eigenvalue weighted by molar-refractivity contribution is 6.32. The number of fused-ring (bicyclic) bond motifs is 1. The maximum Gasteiger partial charge on any atom is 0.407 e. The van der Waals surface area contributed by atoms with E-state index in [1.54, 1.807) is 0 Å². The SMILES string of the molecule is CNC(=O)O[C@H]1CC[C@@H](Nc2ncc(Cl)c(-c3cc(F)c4c(c3)C(C)(C)CO4)n2)[C@H](O)C1. The number of halogens is 2. The molecule has 2 aliphatic rings. The number of aliphatic hydroxyl groups excluding tert-OH is 1. The molecule has 3 atom stereocenters. The van der Waals surface area contributed by atoms with Crippen molar-refractivity contribution in [3.63, 3.8) is 0 Å². The molecule has 1 amide bonds. The van der Waals surface area contributed by atoms with Crippen molar-refractivity contribution in [2.45, 2.75) is 56.8 Å². The summed E-state index contributed by atoms with van der Waals surface area (Å²) >= 11 is 6.35. The van der Waals surface area contributed by atoms with Crippen LogP contribution in [0.5, 0.6) is 5.75 Å². The van der Waals surface area contributed by atoms with E-state index in [0.29, 0.717) is 37.1 Å². The molecule has 1 aliphatic carbocycles. The van der Waals surface area contributed by atoms with Crippen LogP contribution in [0, 0.1) is 5.82 Å². The molecular formula is C22H26ClFN4O4. The number of rotatable bonds is 4. The van der Waals surface area contributed by atoms with Gasteiger partial charge in [0.25, 0.3) is 0 Å². The molecule has 3 N–H and O–H groups in total.